The lowest BCUT2D eigenvalue weighted by atomic mass is 10.2. The van der Waals surface area contributed by atoms with Crippen molar-refractivity contribution in [3.05, 3.63) is 82.3 Å². The number of aromatic nitrogens is 2. The first kappa shape index (κ1) is 18.2. The minimum Gasteiger partial charge on any atom is -0.426 e. The highest BCUT2D eigenvalue weighted by molar-refractivity contribution is 5.97. The number of carbonyl (C=O) groups excluding carboxylic acids is 2. The summed E-state index contributed by atoms with van der Waals surface area (Å²) in [5.41, 5.74) is 1.44. The van der Waals surface area contributed by atoms with E-state index < -0.39 is 11.9 Å². The van der Waals surface area contributed by atoms with Gasteiger partial charge in [-0.15, -0.1) is 0 Å². The van der Waals surface area contributed by atoms with Gasteiger partial charge >= 0.3 is 5.97 Å². The van der Waals surface area contributed by atoms with Crippen LogP contribution in [0.4, 0.5) is 0 Å². The number of ether oxygens (including phenoxy) is 1. The molecule has 0 saturated carbocycles. The molecule has 0 fully saturated rings. The number of nitrogens with zero attached hydrogens (tertiary/aromatic N) is 2. The normalized spacial score (nSPS) is 10.4. The zero-order valence-corrected chi connectivity index (χ0v) is 15.0. The van der Waals surface area contributed by atoms with Gasteiger partial charge in [0.05, 0.1) is 23.5 Å². The maximum Gasteiger partial charge on any atom is 0.308 e. The Balaban J connectivity index is 1.79. The van der Waals surface area contributed by atoms with Crippen molar-refractivity contribution in [2.45, 2.75) is 13.5 Å². The van der Waals surface area contributed by atoms with Crippen molar-refractivity contribution in [3.8, 4) is 11.4 Å². The van der Waals surface area contributed by atoms with Crippen LogP contribution in [0.5, 0.6) is 5.75 Å². The number of hydrogen-bond donors (Lipinski definition) is 1. The summed E-state index contributed by atoms with van der Waals surface area (Å²) in [5.74, 6) is -0.706. The van der Waals surface area contributed by atoms with Gasteiger partial charge in [0.25, 0.3) is 11.5 Å². The number of esters is 1. The summed E-state index contributed by atoms with van der Waals surface area (Å²) in [7, 11) is 1.75. The van der Waals surface area contributed by atoms with Gasteiger partial charge < -0.3 is 10.1 Å². The van der Waals surface area contributed by atoms with Crippen LogP contribution in [0.15, 0.2) is 65.5 Å². The fraction of sp³-hybridized carbons (Fsp3) is 0.150. The second-order valence-electron chi connectivity index (χ2n) is 5.92. The van der Waals surface area contributed by atoms with E-state index in [0.717, 1.165) is 5.69 Å². The average molecular weight is 365 g/mol. The molecule has 7 heteroatoms. The van der Waals surface area contributed by atoms with Crippen LogP contribution in [0.3, 0.4) is 0 Å². The highest BCUT2D eigenvalue weighted by atomic mass is 16.5. The molecule has 0 spiro atoms. The largest absolute Gasteiger partial charge is 0.426 e. The van der Waals surface area contributed by atoms with Gasteiger partial charge in [-0.05, 0) is 24.3 Å². The zero-order chi connectivity index (χ0) is 19.4. The third-order valence-corrected chi connectivity index (χ3v) is 4.03. The molecule has 138 valence electrons. The molecule has 7 nitrogen and oxygen atoms in total. The predicted molar refractivity (Wildman–Crippen MR) is 99.9 cm³/mol. The molecule has 3 rings (SSSR count). The first-order valence-corrected chi connectivity index (χ1v) is 8.36. The number of carbonyl (C=O) groups is 2. The Bertz CT molecular complexity index is 1030. The summed E-state index contributed by atoms with van der Waals surface area (Å²) in [6.45, 7) is 1.43. The Morgan fingerprint density at radius 1 is 1.04 bits per heavy atom. The van der Waals surface area contributed by atoms with Gasteiger partial charge in [0.1, 0.15) is 5.75 Å². The molecular weight excluding hydrogens is 346 g/mol. The van der Waals surface area contributed by atoms with Crippen molar-refractivity contribution in [1.29, 1.82) is 0 Å². The second kappa shape index (κ2) is 7.74. The number of para-hydroxylation sites is 2. The molecule has 0 aliphatic heterocycles. The zero-order valence-electron chi connectivity index (χ0n) is 15.0. The predicted octanol–water partition coefficient (Wildman–Crippen LogP) is 2.03. The maximum absolute atomic E-state index is 12.5. The molecule has 1 N–H and O–H groups in total. The smallest absolute Gasteiger partial charge is 0.308 e. The minimum absolute atomic E-state index is 0.152. The molecule has 0 aliphatic rings. The molecule has 0 atom stereocenters. The van der Waals surface area contributed by atoms with E-state index in [9.17, 15) is 14.4 Å². The molecule has 0 unspecified atom stereocenters. The summed E-state index contributed by atoms with van der Waals surface area (Å²) < 4.78 is 8.28. The summed E-state index contributed by atoms with van der Waals surface area (Å²) in [4.78, 5) is 36.0. The van der Waals surface area contributed by atoms with Crippen LogP contribution in [0.2, 0.25) is 0 Å². The van der Waals surface area contributed by atoms with Crippen molar-refractivity contribution in [2.24, 2.45) is 7.05 Å². The van der Waals surface area contributed by atoms with Gasteiger partial charge in [-0.2, -0.15) is 0 Å². The van der Waals surface area contributed by atoms with Gasteiger partial charge in [-0.1, -0.05) is 30.3 Å². The molecule has 0 aliphatic carbocycles. The van der Waals surface area contributed by atoms with Gasteiger partial charge in [-0.25, -0.2) is 4.68 Å². The quantitative estimate of drug-likeness (QED) is 0.554. The van der Waals surface area contributed by atoms with Gasteiger partial charge in [0.15, 0.2) is 0 Å². The highest BCUT2D eigenvalue weighted by Crippen LogP contribution is 2.18. The molecule has 0 radical (unpaired) electrons. The van der Waals surface area contributed by atoms with Crippen LogP contribution in [0.1, 0.15) is 23.0 Å². The number of nitrogens with one attached hydrogen (secondary N) is 1. The summed E-state index contributed by atoms with van der Waals surface area (Å²) in [5, 5.41) is 2.76. The Hall–Kier alpha value is -3.61. The van der Waals surface area contributed by atoms with Crippen LogP contribution in [0, 0.1) is 0 Å². The lowest BCUT2D eigenvalue weighted by Crippen LogP contribution is -2.25. The standard InChI is InChI=1S/C20H19N3O4/c1-14(24)27-18-11-7-6-10-17(18)20(26)21-13-16-12-19(25)23(22(16)2)15-8-4-3-5-9-15/h3-12H,13H2,1-2H3,(H,21,26). The van der Waals surface area contributed by atoms with E-state index in [1.165, 1.54) is 17.7 Å². The van der Waals surface area contributed by atoms with Gasteiger partial charge in [0, 0.05) is 20.0 Å². The molecule has 1 heterocycles. The fourth-order valence-corrected chi connectivity index (χ4v) is 2.77. The lowest BCUT2D eigenvalue weighted by Gasteiger charge is -2.12. The van der Waals surface area contributed by atoms with Crippen molar-refractivity contribution < 1.29 is 14.3 Å². The number of hydrogen-bond acceptors (Lipinski definition) is 4. The SMILES string of the molecule is CC(=O)Oc1ccccc1C(=O)NCc1cc(=O)n(-c2ccccc2)n1C. The van der Waals surface area contributed by atoms with Crippen LogP contribution < -0.4 is 15.6 Å². The Kier molecular flexibility index (Phi) is 5.21. The van der Waals surface area contributed by atoms with Crippen LogP contribution in [-0.2, 0) is 18.4 Å². The molecule has 1 amide bonds. The van der Waals surface area contributed by atoms with Crippen LogP contribution in [0.25, 0.3) is 5.69 Å². The lowest BCUT2D eigenvalue weighted by molar-refractivity contribution is -0.131. The van der Waals surface area contributed by atoms with E-state index in [4.69, 9.17) is 4.74 Å². The summed E-state index contributed by atoms with van der Waals surface area (Å²) >= 11 is 0. The van der Waals surface area contributed by atoms with Crippen LogP contribution in [-0.4, -0.2) is 21.2 Å². The highest BCUT2D eigenvalue weighted by Gasteiger charge is 2.15. The van der Waals surface area contributed by atoms with E-state index >= 15 is 0 Å². The maximum atomic E-state index is 12.5. The van der Waals surface area contributed by atoms with E-state index in [-0.39, 0.29) is 23.4 Å². The topological polar surface area (TPSA) is 82.3 Å². The molecule has 2 aromatic carbocycles. The number of benzene rings is 2. The summed E-state index contributed by atoms with van der Waals surface area (Å²) in [6.07, 6.45) is 0. The van der Waals surface area contributed by atoms with Gasteiger partial charge in [0.2, 0.25) is 0 Å². The van der Waals surface area contributed by atoms with Crippen LogP contribution >= 0.6 is 0 Å². The van der Waals surface area contributed by atoms with Crippen molar-refractivity contribution in [3.63, 3.8) is 0 Å². The average Bonchev–Trinajstić information content (AvgIpc) is 2.94. The van der Waals surface area contributed by atoms with E-state index in [1.54, 1.807) is 36.0 Å². The van der Waals surface area contributed by atoms with Gasteiger partial charge in [-0.3, -0.25) is 19.1 Å². The molecule has 27 heavy (non-hydrogen) atoms. The van der Waals surface area contributed by atoms with Crippen molar-refractivity contribution in [1.82, 2.24) is 14.7 Å². The fourth-order valence-electron chi connectivity index (χ4n) is 2.77. The molecular formula is C20H19N3O4. The molecule has 0 saturated heterocycles. The summed E-state index contributed by atoms with van der Waals surface area (Å²) in [6, 6.07) is 17.2. The Labute approximate surface area is 155 Å². The van der Waals surface area contributed by atoms with E-state index in [2.05, 4.69) is 5.32 Å². The van der Waals surface area contributed by atoms with E-state index in [1.807, 2.05) is 30.3 Å². The first-order valence-electron chi connectivity index (χ1n) is 8.36. The first-order chi connectivity index (χ1) is 13.0. The molecule has 1 aromatic heterocycles. The second-order valence-corrected chi connectivity index (χ2v) is 5.92. The number of amides is 1. The minimum atomic E-state index is -0.502. The Morgan fingerprint density at radius 3 is 2.41 bits per heavy atom. The van der Waals surface area contributed by atoms with Crippen molar-refractivity contribution in [2.75, 3.05) is 0 Å². The van der Waals surface area contributed by atoms with E-state index in [0.29, 0.717) is 5.69 Å². The van der Waals surface area contributed by atoms with Crippen molar-refractivity contribution >= 4 is 11.9 Å². The Morgan fingerprint density at radius 2 is 1.70 bits per heavy atom. The third-order valence-electron chi connectivity index (χ3n) is 4.03. The molecule has 3 aromatic rings. The third kappa shape index (κ3) is 3.98. The number of rotatable bonds is 5. The molecule has 0 bridgehead atoms. The monoisotopic (exact) mass is 365 g/mol.